The highest BCUT2D eigenvalue weighted by Gasteiger charge is 2.22. The fourth-order valence-corrected chi connectivity index (χ4v) is 3.54. The van der Waals surface area contributed by atoms with Crippen molar-refractivity contribution in [1.82, 2.24) is 0 Å². The second-order valence-electron chi connectivity index (χ2n) is 7.18. The van der Waals surface area contributed by atoms with Crippen molar-refractivity contribution in [3.8, 4) is 11.5 Å². The smallest absolute Gasteiger partial charge is 0.293 e. The molecule has 0 aliphatic carbocycles. The Morgan fingerprint density at radius 2 is 1.64 bits per heavy atom. The number of fused-ring (bicyclic) bond motifs is 1. The number of ether oxygens (including phenoxy) is 2. The number of halogens is 1. The van der Waals surface area contributed by atoms with E-state index in [0.29, 0.717) is 38.9 Å². The molecule has 2 N–H and O–H groups in total. The molecule has 4 rings (SSSR count). The minimum atomic E-state index is -0.491. The molecule has 7 nitrogen and oxygen atoms in total. The Balaban J connectivity index is 1.59. The van der Waals surface area contributed by atoms with Gasteiger partial charge in [-0.15, -0.1) is 0 Å². The molecule has 4 aromatic rings. The molecule has 3 aromatic carbocycles. The molecule has 0 bridgehead atoms. The maximum absolute atomic E-state index is 13.0. The van der Waals surface area contributed by atoms with E-state index < -0.39 is 5.91 Å². The summed E-state index contributed by atoms with van der Waals surface area (Å²) in [7, 11) is 3.08. The molecule has 2 amide bonds. The Labute approximate surface area is 195 Å². The molecule has 0 spiro atoms. The van der Waals surface area contributed by atoms with Crippen molar-refractivity contribution in [2.75, 3.05) is 24.9 Å². The normalized spacial score (nSPS) is 10.6. The largest absolute Gasteiger partial charge is 0.493 e. The van der Waals surface area contributed by atoms with Crippen LogP contribution in [0.25, 0.3) is 11.0 Å². The van der Waals surface area contributed by atoms with Crippen molar-refractivity contribution in [3.63, 3.8) is 0 Å². The first-order valence-electron chi connectivity index (χ1n) is 10.1. The summed E-state index contributed by atoms with van der Waals surface area (Å²) in [4.78, 5) is 25.8. The van der Waals surface area contributed by atoms with Gasteiger partial charge in [-0.2, -0.15) is 0 Å². The monoisotopic (exact) mass is 464 g/mol. The second-order valence-corrected chi connectivity index (χ2v) is 7.61. The number of para-hydroxylation sites is 1. The van der Waals surface area contributed by atoms with E-state index in [-0.39, 0.29) is 18.1 Å². The zero-order valence-corrected chi connectivity index (χ0v) is 18.7. The number of methoxy groups -OCH3 is 2. The zero-order chi connectivity index (χ0) is 23.4. The van der Waals surface area contributed by atoms with E-state index in [9.17, 15) is 9.59 Å². The van der Waals surface area contributed by atoms with Crippen molar-refractivity contribution in [3.05, 3.63) is 83.1 Å². The molecule has 168 valence electrons. The Hall–Kier alpha value is -3.97. The van der Waals surface area contributed by atoms with E-state index in [2.05, 4.69) is 10.6 Å². The zero-order valence-electron chi connectivity index (χ0n) is 18.0. The summed E-state index contributed by atoms with van der Waals surface area (Å²) < 4.78 is 16.3. The van der Waals surface area contributed by atoms with Crippen molar-refractivity contribution >= 4 is 45.8 Å². The first kappa shape index (κ1) is 22.2. The third-order valence-electron chi connectivity index (χ3n) is 4.98. The van der Waals surface area contributed by atoms with Crippen LogP contribution in [0.15, 0.2) is 71.1 Å². The van der Waals surface area contributed by atoms with Gasteiger partial charge < -0.3 is 24.5 Å². The number of nitrogens with one attached hydrogen (secondary N) is 2. The number of hydrogen-bond donors (Lipinski definition) is 2. The van der Waals surface area contributed by atoms with Gasteiger partial charge in [0.05, 0.1) is 20.6 Å². The standard InChI is InChI=1S/C25H21ClN2O5/c1-31-20-12-7-15(13-21(20)32-2)14-22(29)28-23-18-5-3-4-6-19(18)33-24(23)25(30)27-17-10-8-16(26)9-11-17/h3-13H,14H2,1-2H3,(H,27,30)(H,28,29). The molecular weight excluding hydrogens is 444 g/mol. The Morgan fingerprint density at radius 1 is 0.909 bits per heavy atom. The van der Waals surface area contributed by atoms with E-state index in [1.165, 1.54) is 7.11 Å². The van der Waals surface area contributed by atoms with Gasteiger partial charge in [-0.05, 0) is 54.1 Å². The Bertz CT molecular complexity index is 1310. The lowest BCUT2D eigenvalue weighted by molar-refractivity contribution is -0.115. The average Bonchev–Trinajstić information content (AvgIpc) is 3.19. The van der Waals surface area contributed by atoms with Crippen LogP contribution in [0.2, 0.25) is 5.02 Å². The van der Waals surface area contributed by atoms with Crippen LogP contribution in [0.3, 0.4) is 0 Å². The van der Waals surface area contributed by atoms with Crippen molar-refractivity contribution < 1.29 is 23.5 Å². The minimum Gasteiger partial charge on any atom is -0.493 e. The molecular formula is C25H21ClN2O5. The van der Waals surface area contributed by atoms with Crippen molar-refractivity contribution in [2.45, 2.75) is 6.42 Å². The molecule has 0 fully saturated rings. The minimum absolute atomic E-state index is 0.00631. The number of benzene rings is 3. The van der Waals surface area contributed by atoms with Crippen molar-refractivity contribution in [2.24, 2.45) is 0 Å². The number of rotatable bonds is 7. The van der Waals surface area contributed by atoms with E-state index in [1.807, 2.05) is 6.07 Å². The quantitative estimate of drug-likeness (QED) is 0.375. The molecule has 0 saturated heterocycles. The Morgan fingerprint density at radius 3 is 2.36 bits per heavy atom. The summed E-state index contributed by atoms with van der Waals surface area (Å²) in [5.41, 5.74) is 2.07. The second kappa shape index (κ2) is 9.67. The molecule has 33 heavy (non-hydrogen) atoms. The molecule has 0 atom stereocenters. The lowest BCUT2D eigenvalue weighted by Gasteiger charge is -2.10. The van der Waals surface area contributed by atoms with Crippen LogP contribution >= 0.6 is 11.6 Å². The summed E-state index contributed by atoms with van der Waals surface area (Å²) in [6.07, 6.45) is 0.0676. The SMILES string of the molecule is COc1ccc(CC(=O)Nc2c(C(=O)Nc3ccc(Cl)cc3)oc3ccccc23)cc1OC. The van der Waals surface area contributed by atoms with Gasteiger partial charge in [-0.25, -0.2) is 0 Å². The lowest BCUT2D eigenvalue weighted by atomic mass is 10.1. The van der Waals surface area contributed by atoms with Gasteiger partial charge in [0.1, 0.15) is 11.3 Å². The number of carbonyl (C=O) groups excluding carboxylic acids is 2. The van der Waals surface area contributed by atoms with Crippen LogP contribution in [-0.2, 0) is 11.2 Å². The van der Waals surface area contributed by atoms with Gasteiger partial charge in [0.2, 0.25) is 11.7 Å². The predicted octanol–water partition coefficient (Wildman–Crippen LogP) is 5.54. The van der Waals surface area contributed by atoms with Gasteiger partial charge in [-0.3, -0.25) is 9.59 Å². The number of amides is 2. The lowest BCUT2D eigenvalue weighted by Crippen LogP contribution is -2.18. The van der Waals surface area contributed by atoms with E-state index >= 15 is 0 Å². The van der Waals surface area contributed by atoms with Crippen LogP contribution in [0.4, 0.5) is 11.4 Å². The maximum atomic E-state index is 13.0. The summed E-state index contributed by atoms with van der Waals surface area (Å²) in [6.45, 7) is 0. The van der Waals surface area contributed by atoms with Gasteiger partial charge in [0.15, 0.2) is 11.5 Å². The first-order valence-corrected chi connectivity index (χ1v) is 10.5. The summed E-state index contributed by atoms with van der Waals surface area (Å²) in [5.74, 6) is 0.305. The molecule has 0 radical (unpaired) electrons. The van der Waals surface area contributed by atoms with Crippen LogP contribution < -0.4 is 20.1 Å². The topological polar surface area (TPSA) is 89.8 Å². The highest BCUT2D eigenvalue weighted by atomic mass is 35.5. The highest BCUT2D eigenvalue weighted by Crippen LogP contribution is 2.32. The highest BCUT2D eigenvalue weighted by molar-refractivity contribution is 6.30. The molecule has 0 saturated carbocycles. The summed E-state index contributed by atoms with van der Waals surface area (Å²) in [5, 5.41) is 6.78. The fourth-order valence-electron chi connectivity index (χ4n) is 3.41. The van der Waals surface area contributed by atoms with E-state index in [4.69, 9.17) is 25.5 Å². The van der Waals surface area contributed by atoms with Gasteiger partial charge >= 0.3 is 0 Å². The van der Waals surface area contributed by atoms with Crippen LogP contribution in [0.5, 0.6) is 11.5 Å². The predicted molar refractivity (Wildman–Crippen MR) is 127 cm³/mol. The number of anilines is 2. The van der Waals surface area contributed by atoms with Gasteiger partial charge in [0.25, 0.3) is 5.91 Å². The molecule has 0 unspecified atom stereocenters. The van der Waals surface area contributed by atoms with Crippen molar-refractivity contribution in [1.29, 1.82) is 0 Å². The van der Waals surface area contributed by atoms with Crippen LogP contribution in [0.1, 0.15) is 16.1 Å². The van der Waals surface area contributed by atoms with E-state index in [1.54, 1.807) is 67.8 Å². The number of furan rings is 1. The average molecular weight is 465 g/mol. The van der Waals surface area contributed by atoms with Gasteiger partial charge in [-0.1, -0.05) is 29.8 Å². The maximum Gasteiger partial charge on any atom is 0.293 e. The fraction of sp³-hybridized carbons (Fsp3) is 0.120. The molecule has 1 aromatic heterocycles. The summed E-state index contributed by atoms with van der Waals surface area (Å²) >= 11 is 5.91. The molecule has 8 heteroatoms. The number of carbonyl (C=O) groups is 2. The first-order chi connectivity index (χ1) is 16.0. The molecule has 0 aliphatic heterocycles. The molecule has 0 aliphatic rings. The Kier molecular flexibility index (Phi) is 6.51. The van der Waals surface area contributed by atoms with Crippen LogP contribution in [-0.4, -0.2) is 26.0 Å². The van der Waals surface area contributed by atoms with Gasteiger partial charge in [0, 0.05) is 16.1 Å². The van der Waals surface area contributed by atoms with Crippen LogP contribution in [0, 0.1) is 0 Å². The van der Waals surface area contributed by atoms with E-state index in [0.717, 1.165) is 5.56 Å². The molecule has 1 heterocycles. The number of hydrogen-bond acceptors (Lipinski definition) is 5. The third-order valence-corrected chi connectivity index (χ3v) is 5.23. The summed E-state index contributed by atoms with van der Waals surface area (Å²) in [6, 6.07) is 19.1. The third kappa shape index (κ3) is 4.94.